The van der Waals surface area contributed by atoms with Gasteiger partial charge >= 0.3 is 0 Å². The molecule has 1 unspecified atom stereocenters. The molecule has 1 aliphatic heterocycles. The van der Waals surface area contributed by atoms with Gasteiger partial charge in [0.2, 0.25) is 5.91 Å². The molecule has 0 aromatic heterocycles. The summed E-state index contributed by atoms with van der Waals surface area (Å²) in [5.41, 5.74) is 0. The lowest BCUT2D eigenvalue weighted by Gasteiger charge is -2.24. The van der Waals surface area contributed by atoms with Crippen molar-refractivity contribution in [1.82, 2.24) is 14.7 Å². The van der Waals surface area contributed by atoms with Crippen LogP contribution in [0.1, 0.15) is 27.2 Å². The van der Waals surface area contributed by atoms with Crippen molar-refractivity contribution >= 4 is 5.91 Å². The third-order valence-electron chi connectivity index (χ3n) is 4.01. The van der Waals surface area contributed by atoms with E-state index in [4.69, 9.17) is 0 Å². The second kappa shape index (κ2) is 7.10. The van der Waals surface area contributed by atoms with Crippen LogP contribution in [0.25, 0.3) is 0 Å². The maximum Gasteiger partial charge on any atom is 0.236 e. The van der Waals surface area contributed by atoms with Crippen molar-refractivity contribution in [2.45, 2.75) is 33.2 Å². The zero-order valence-corrected chi connectivity index (χ0v) is 12.6. The summed E-state index contributed by atoms with van der Waals surface area (Å²) in [6.07, 6.45) is 1.15. The normalized spacial score (nSPS) is 20.4. The van der Waals surface area contributed by atoms with Crippen molar-refractivity contribution in [2.75, 3.05) is 46.8 Å². The van der Waals surface area contributed by atoms with E-state index < -0.39 is 0 Å². The average molecular weight is 255 g/mol. The van der Waals surface area contributed by atoms with Crippen LogP contribution in [-0.2, 0) is 4.79 Å². The maximum atomic E-state index is 12.1. The molecule has 0 aromatic carbocycles. The Morgan fingerprint density at radius 1 is 1.39 bits per heavy atom. The Bertz CT molecular complexity index is 268. The third kappa shape index (κ3) is 4.58. The van der Waals surface area contributed by atoms with Gasteiger partial charge in [-0.15, -0.1) is 0 Å². The van der Waals surface area contributed by atoms with Crippen LogP contribution in [0.3, 0.4) is 0 Å². The van der Waals surface area contributed by atoms with Gasteiger partial charge in [-0.2, -0.15) is 0 Å². The van der Waals surface area contributed by atoms with Gasteiger partial charge in [-0.3, -0.25) is 9.69 Å². The van der Waals surface area contributed by atoms with Crippen LogP contribution in [0.5, 0.6) is 0 Å². The summed E-state index contributed by atoms with van der Waals surface area (Å²) < 4.78 is 0. The Hall–Kier alpha value is -0.610. The predicted molar refractivity (Wildman–Crippen MR) is 75.6 cm³/mol. The van der Waals surface area contributed by atoms with E-state index in [0.29, 0.717) is 18.5 Å². The molecule has 1 aliphatic rings. The van der Waals surface area contributed by atoms with Crippen molar-refractivity contribution in [1.29, 1.82) is 0 Å². The highest BCUT2D eigenvalue weighted by molar-refractivity contribution is 5.78. The number of hydrogen-bond acceptors (Lipinski definition) is 3. The van der Waals surface area contributed by atoms with E-state index in [2.05, 4.69) is 37.6 Å². The molecular weight excluding hydrogens is 226 g/mol. The van der Waals surface area contributed by atoms with Crippen LogP contribution in [0.4, 0.5) is 0 Å². The summed E-state index contributed by atoms with van der Waals surface area (Å²) in [7, 11) is 4.16. The topological polar surface area (TPSA) is 26.8 Å². The van der Waals surface area contributed by atoms with Gasteiger partial charge in [-0.25, -0.2) is 0 Å². The fourth-order valence-electron chi connectivity index (χ4n) is 2.27. The number of likely N-dealkylation sites (tertiary alicyclic amines) is 1. The molecule has 1 rings (SSSR count). The summed E-state index contributed by atoms with van der Waals surface area (Å²) in [6.45, 7) is 11.0. The Kier molecular flexibility index (Phi) is 6.09. The van der Waals surface area contributed by atoms with Crippen LogP contribution < -0.4 is 0 Å². The summed E-state index contributed by atoms with van der Waals surface area (Å²) in [4.78, 5) is 18.6. The molecular formula is C14H29N3O. The first-order valence-electron chi connectivity index (χ1n) is 7.10. The molecule has 0 aliphatic carbocycles. The highest BCUT2D eigenvalue weighted by Crippen LogP contribution is 2.17. The standard InChI is InChI=1S/C14H29N3O/c1-6-15(4)9-13-7-8-17(10-13)14(18)11-16(5)12(2)3/h12-13H,6-11H2,1-5H3. The summed E-state index contributed by atoms with van der Waals surface area (Å²) in [5.74, 6) is 0.941. The average Bonchev–Trinajstić information content (AvgIpc) is 2.77. The minimum absolute atomic E-state index is 0.285. The number of hydrogen-bond donors (Lipinski definition) is 0. The van der Waals surface area contributed by atoms with E-state index >= 15 is 0 Å². The van der Waals surface area contributed by atoms with Crippen LogP contribution in [0, 0.1) is 5.92 Å². The molecule has 4 nitrogen and oxygen atoms in total. The molecule has 1 amide bonds. The highest BCUT2D eigenvalue weighted by Gasteiger charge is 2.27. The van der Waals surface area contributed by atoms with Gasteiger partial charge in [0, 0.05) is 25.7 Å². The zero-order valence-electron chi connectivity index (χ0n) is 12.6. The van der Waals surface area contributed by atoms with Gasteiger partial charge in [-0.05, 0) is 46.8 Å². The van der Waals surface area contributed by atoms with E-state index in [1.165, 1.54) is 0 Å². The monoisotopic (exact) mass is 255 g/mol. The molecule has 106 valence electrons. The Morgan fingerprint density at radius 3 is 2.61 bits per heavy atom. The molecule has 0 spiro atoms. The fraction of sp³-hybridized carbons (Fsp3) is 0.929. The Balaban J connectivity index is 2.34. The molecule has 1 heterocycles. The van der Waals surface area contributed by atoms with Gasteiger partial charge in [0.05, 0.1) is 6.54 Å². The van der Waals surface area contributed by atoms with Crippen LogP contribution >= 0.6 is 0 Å². The van der Waals surface area contributed by atoms with Gasteiger partial charge in [0.15, 0.2) is 0 Å². The lowest BCUT2D eigenvalue weighted by atomic mass is 10.1. The van der Waals surface area contributed by atoms with Crippen molar-refractivity contribution in [3.05, 3.63) is 0 Å². The number of nitrogens with zero attached hydrogens (tertiary/aromatic N) is 3. The quantitative estimate of drug-likeness (QED) is 0.712. The Morgan fingerprint density at radius 2 is 2.06 bits per heavy atom. The SMILES string of the molecule is CCN(C)CC1CCN(C(=O)CN(C)C(C)C)C1. The van der Waals surface area contributed by atoms with Gasteiger partial charge in [0.1, 0.15) is 0 Å². The van der Waals surface area contributed by atoms with E-state index in [-0.39, 0.29) is 5.91 Å². The largest absolute Gasteiger partial charge is 0.341 e. The summed E-state index contributed by atoms with van der Waals surface area (Å²) in [5, 5.41) is 0. The van der Waals surface area contributed by atoms with Gasteiger partial charge in [0.25, 0.3) is 0 Å². The summed E-state index contributed by atoms with van der Waals surface area (Å²) >= 11 is 0. The third-order valence-corrected chi connectivity index (χ3v) is 4.01. The Labute approximate surface area is 112 Å². The van der Waals surface area contributed by atoms with Crippen LogP contribution in [0.15, 0.2) is 0 Å². The first-order valence-corrected chi connectivity index (χ1v) is 7.10. The van der Waals surface area contributed by atoms with Crippen LogP contribution in [0.2, 0.25) is 0 Å². The first kappa shape index (κ1) is 15.4. The fourth-order valence-corrected chi connectivity index (χ4v) is 2.27. The first-order chi connectivity index (χ1) is 8.43. The molecule has 0 saturated carbocycles. The van der Waals surface area contributed by atoms with E-state index in [9.17, 15) is 4.79 Å². The molecule has 1 atom stereocenters. The lowest BCUT2D eigenvalue weighted by molar-refractivity contribution is -0.131. The molecule has 0 aromatic rings. The highest BCUT2D eigenvalue weighted by atomic mass is 16.2. The van der Waals surface area contributed by atoms with Crippen molar-refractivity contribution < 1.29 is 4.79 Å². The lowest BCUT2D eigenvalue weighted by Crippen LogP contribution is -2.40. The number of amides is 1. The number of carbonyl (C=O) groups excluding carboxylic acids is 1. The van der Waals surface area contributed by atoms with Crippen molar-refractivity contribution in [2.24, 2.45) is 5.92 Å². The van der Waals surface area contributed by atoms with E-state index in [0.717, 1.165) is 32.6 Å². The van der Waals surface area contributed by atoms with Crippen molar-refractivity contribution in [3.8, 4) is 0 Å². The maximum absolute atomic E-state index is 12.1. The van der Waals surface area contributed by atoms with E-state index in [1.54, 1.807) is 0 Å². The van der Waals surface area contributed by atoms with Crippen LogP contribution in [-0.4, -0.2) is 73.5 Å². The smallest absolute Gasteiger partial charge is 0.236 e. The summed E-state index contributed by atoms with van der Waals surface area (Å²) in [6, 6.07) is 0.429. The molecule has 0 bridgehead atoms. The van der Waals surface area contributed by atoms with Crippen molar-refractivity contribution in [3.63, 3.8) is 0 Å². The minimum atomic E-state index is 0.285. The second-order valence-electron chi connectivity index (χ2n) is 5.86. The molecule has 1 fully saturated rings. The number of likely N-dealkylation sites (N-methyl/N-ethyl adjacent to an activating group) is 1. The predicted octanol–water partition coefficient (Wildman–Crippen LogP) is 1.13. The molecule has 18 heavy (non-hydrogen) atoms. The zero-order chi connectivity index (χ0) is 13.7. The van der Waals surface area contributed by atoms with Gasteiger partial charge in [-0.1, -0.05) is 6.92 Å². The molecule has 1 saturated heterocycles. The number of carbonyl (C=O) groups is 1. The molecule has 0 radical (unpaired) electrons. The van der Waals surface area contributed by atoms with E-state index in [1.807, 2.05) is 11.9 Å². The number of rotatable bonds is 6. The minimum Gasteiger partial charge on any atom is -0.341 e. The second-order valence-corrected chi connectivity index (χ2v) is 5.86. The molecule has 0 N–H and O–H groups in total. The molecule has 4 heteroatoms. The van der Waals surface area contributed by atoms with Gasteiger partial charge < -0.3 is 9.80 Å².